The molecule has 3 rings (SSSR count). The van der Waals surface area contributed by atoms with Crippen molar-refractivity contribution < 1.29 is 4.39 Å². The summed E-state index contributed by atoms with van der Waals surface area (Å²) in [5.74, 6) is -0.125. The van der Waals surface area contributed by atoms with Gasteiger partial charge < -0.3 is 9.80 Å². The molecule has 110 valence electrons. The molecule has 0 unspecified atom stereocenters. The van der Waals surface area contributed by atoms with E-state index in [1.165, 1.54) is 5.69 Å². The summed E-state index contributed by atoms with van der Waals surface area (Å²) in [6, 6.07) is 15.7. The van der Waals surface area contributed by atoms with Crippen molar-refractivity contribution in [2.75, 3.05) is 36.0 Å². The molecule has 2 nitrogen and oxygen atoms in total. The van der Waals surface area contributed by atoms with E-state index >= 15 is 0 Å². The van der Waals surface area contributed by atoms with Crippen molar-refractivity contribution in [2.24, 2.45) is 0 Å². The van der Waals surface area contributed by atoms with Gasteiger partial charge in [-0.05, 0) is 23.8 Å². The first-order chi connectivity index (χ1) is 10.3. The fourth-order valence-electron chi connectivity index (χ4n) is 2.85. The molecular weight excluding hydrogens is 331 g/mol. The number of rotatable bonds is 3. The number of hydrogen-bond donors (Lipinski definition) is 0. The molecule has 0 aromatic heterocycles. The minimum atomic E-state index is -0.125. The van der Waals surface area contributed by atoms with Crippen molar-refractivity contribution in [2.45, 2.75) is 5.33 Å². The fourth-order valence-corrected chi connectivity index (χ4v) is 3.30. The average Bonchev–Trinajstić information content (AvgIpc) is 2.55. The summed E-state index contributed by atoms with van der Waals surface area (Å²) in [4.78, 5) is 4.51. The monoisotopic (exact) mass is 348 g/mol. The normalized spacial score (nSPS) is 15.3. The van der Waals surface area contributed by atoms with Crippen LogP contribution in [0.25, 0.3) is 0 Å². The largest absolute Gasteiger partial charge is 0.368 e. The highest BCUT2D eigenvalue weighted by Gasteiger charge is 2.21. The molecule has 0 atom stereocenters. The van der Waals surface area contributed by atoms with E-state index in [9.17, 15) is 4.39 Å². The van der Waals surface area contributed by atoms with Crippen LogP contribution in [0.1, 0.15) is 5.56 Å². The molecule has 1 heterocycles. The quantitative estimate of drug-likeness (QED) is 0.772. The lowest BCUT2D eigenvalue weighted by Gasteiger charge is -2.38. The van der Waals surface area contributed by atoms with Crippen LogP contribution in [-0.4, -0.2) is 26.2 Å². The molecule has 0 amide bonds. The van der Waals surface area contributed by atoms with E-state index in [2.05, 4.69) is 50.0 Å². The lowest BCUT2D eigenvalue weighted by atomic mass is 10.1. The summed E-state index contributed by atoms with van der Waals surface area (Å²) >= 11 is 3.45. The van der Waals surface area contributed by atoms with Gasteiger partial charge in [0.2, 0.25) is 0 Å². The maximum atomic E-state index is 14.2. The zero-order valence-electron chi connectivity index (χ0n) is 11.8. The Hall–Kier alpha value is -1.55. The van der Waals surface area contributed by atoms with Gasteiger partial charge in [0.05, 0.1) is 5.69 Å². The summed E-state index contributed by atoms with van der Waals surface area (Å²) in [7, 11) is 0. The van der Waals surface area contributed by atoms with Crippen molar-refractivity contribution in [3.05, 3.63) is 59.9 Å². The average molecular weight is 349 g/mol. The van der Waals surface area contributed by atoms with Gasteiger partial charge in [-0.25, -0.2) is 4.39 Å². The molecule has 2 aromatic carbocycles. The van der Waals surface area contributed by atoms with Crippen LogP contribution in [0.4, 0.5) is 15.8 Å². The van der Waals surface area contributed by atoms with Gasteiger partial charge in [0.25, 0.3) is 0 Å². The Morgan fingerprint density at radius 3 is 2.19 bits per heavy atom. The Bertz CT molecular complexity index is 595. The molecule has 1 fully saturated rings. The Morgan fingerprint density at radius 2 is 1.52 bits per heavy atom. The van der Waals surface area contributed by atoms with Crippen molar-refractivity contribution >= 4 is 27.3 Å². The van der Waals surface area contributed by atoms with Gasteiger partial charge in [0.1, 0.15) is 5.82 Å². The minimum absolute atomic E-state index is 0.125. The second-order valence-electron chi connectivity index (χ2n) is 5.19. The van der Waals surface area contributed by atoms with Gasteiger partial charge >= 0.3 is 0 Å². The van der Waals surface area contributed by atoms with Crippen LogP contribution in [0.2, 0.25) is 0 Å². The molecule has 21 heavy (non-hydrogen) atoms. The number of benzene rings is 2. The third-order valence-electron chi connectivity index (χ3n) is 3.93. The summed E-state index contributed by atoms with van der Waals surface area (Å²) in [6.45, 7) is 3.52. The zero-order chi connectivity index (χ0) is 14.7. The first kappa shape index (κ1) is 14.4. The molecular formula is C17H18BrFN2. The molecule has 0 aliphatic carbocycles. The van der Waals surface area contributed by atoms with Gasteiger partial charge in [-0.3, -0.25) is 0 Å². The van der Waals surface area contributed by atoms with Crippen LogP contribution in [0.3, 0.4) is 0 Å². The van der Waals surface area contributed by atoms with E-state index < -0.39 is 0 Å². The first-order valence-corrected chi connectivity index (χ1v) is 8.30. The van der Waals surface area contributed by atoms with E-state index in [0.29, 0.717) is 5.33 Å². The lowest BCUT2D eigenvalue weighted by Crippen LogP contribution is -2.47. The van der Waals surface area contributed by atoms with Crippen LogP contribution in [0.5, 0.6) is 0 Å². The predicted octanol–water partition coefficient (Wildman–Crippen LogP) is 4.05. The van der Waals surface area contributed by atoms with Gasteiger partial charge in [-0.1, -0.05) is 46.3 Å². The predicted molar refractivity (Wildman–Crippen MR) is 89.9 cm³/mol. The van der Waals surface area contributed by atoms with Crippen LogP contribution in [0, 0.1) is 5.82 Å². The van der Waals surface area contributed by atoms with Gasteiger partial charge in [-0.15, -0.1) is 0 Å². The summed E-state index contributed by atoms with van der Waals surface area (Å²) in [5.41, 5.74) is 3.01. The van der Waals surface area contributed by atoms with Crippen molar-refractivity contribution in [3.63, 3.8) is 0 Å². The third kappa shape index (κ3) is 3.05. The second-order valence-corrected chi connectivity index (χ2v) is 5.75. The molecule has 2 aromatic rings. The smallest absolute Gasteiger partial charge is 0.146 e. The van der Waals surface area contributed by atoms with Crippen molar-refractivity contribution in [3.8, 4) is 0 Å². The van der Waals surface area contributed by atoms with Gasteiger partial charge in [-0.2, -0.15) is 0 Å². The highest BCUT2D eigenvalue weighted by molar-refractivity contribution is 9.08. The maximum absolute atomic E-state index is 14.2. The fraction of sp³-hybridized carbons (Fsp3) is 0.294. The van der Waals surface area contributed by atoms with Crippen molar-refractivity contribution in [1.82, 2.24) is 0 Å². The number of alkyl halides is 1. The van der Waals surface area contributed by atoms with Crippen LogP contribution < -0.4 is 9.80 Å². The molecule has 0 bridgehead atoms. The minimum Gasteiger partial charge on any atom is -0.368 e. The molecule has 4 heteroatoms. The number of halogens is 2. The van der Waals surface area contributed by atoms with Crippen LogP contribution >= 0.6 is 15.9 Å². The molecule has 0 saturated carbocycles. The summed E-state index contributed by atoms with van der Waals surface area (Å²) in [5, 5.41) is 0.680. The van der Waals surface area contributed by atoms with E-state index in [-0.39, 0.29) is 5.82 Å². The SMILES string of the molecule is Fc1cccc(CBr)c1N1CCN(c2ccccc2)CC1. The van der Waals surface area contributed by atoms with E-state index in [1.54, 1.807) is 12.1 Å². The number of hydrogen-bond acceptors (Lipinski definition) is 2. The molecule has 0 spiro atoms. The van der Waals surface area contributed by atoms with Crippen LogP contribution in [-0.2, 0) is 5.33 Å². The first-order valence-electron chi connectivity index (χ1n) is 7.18. The van der Waals surface area contributed by atoms with Gasteiger partial charge in [0.15, 0.2) is 0 Å². The maximum Gasteiger partial charge on any atom is 0.146 e. The second kappa shape index (κ2) is 6.48. The molecule has 1 aliphatic heterocycles. The van der Waals surface area contributed by atoms with Gasteiger partial charge in [0, 0.05) is 37.2 Å². The number of para-hydroxylation sites is 2. The third-order valence-corrected chi connectivity index (χ3v) is 4.54. The highest BCUT2D eigenvalue weighted by Crippen LogP contribution is 2.28. The number of piperazine rings is 1. The molecule has 0 radical (unpaired) electrons. The summed E-state index contributed by atoms with van der Waals surface area (Å²) in [6.07, 6.45) is 0. The Labute approximate surface area is 133 Å². The van der Waals surface area contributed by atoms with E-state index in [1.807, 2.05) is 12.1 Å². The van der Waals surface area contributed by atoms with E-state index in [4.69, 9.17) is 0 Å². The summed E-state index contributed by atoms with van der Waals surface area (Å²) < 4.78 is 14.2. The topological polar surface area (TPSA) is 6.48 Å². The standard InChI is InChI=1S/C17H18BrFN2/c18-13-14-5-4-8-16(19)17(14)21-11-9-20(10-12-21)15-6-2-1-3-7-15/h1-8H,9-13H2. The number of nitrogens with zero attached hydrogens (tertiary/aromatic N) is 2. The van der Waals surface area contributed by atoms with E-state index in [0.717, 1.165) is 37.4 Å². The van der Waals surface area contributed by atoms with Crippen LogP contribution in [0.15, 0.2) is 48.5 Å². The Balaban J connectivity index is 1.75. The van der Waals surface area contributed by atoms with Crippen molar-refractivity contribution in [1.29, 1.82) is 0 Å². The highest BCUT2D eigenvalue weighted by atomic mass is 79.9. The molecule has 1 saturated heterocycles. The number of anilines is 2. The Morgan fingerprint density at radius 1 is 0.857 bits per heavy atom. The zero-order valence-corrected chi connectivity index (χ0v) is 13.4. The molecule has 0 N–H and O–H groups in total. The molecule has 1 aliphatic rings. The lowest BCUT2D eigenvalue weighted by molar-refractivity contribution is 0.596. The Kier molecular flexibility index (Phi) is 4.44.